The fourth-order valence-corrected chi connectivity index (χ4v) is 3.92. The average Bonchev–Trinajstić information content (AvgIpc) is 2.47. The lowest BCUT2D eigenvalue weighted by Crippen LogP contribution is -2.42. The molecule has 3 unspecified atom stereocenters. The molecule has 1 aromatic rings. The number of aromatic nitrogens is 1. The Morgan fingerprint density at radius 1 is 1.35 bits per heavy atom. The summed E-state index contributed by atoms with van der Waals surface area (Å²) in [5.41, 5.74) is 1.11. The number of piperidine rings is 1. The van der Waals surface area contributed by atoms with Gasteiger partial charge in [-0.25, -0.2) is 4.39 Å². The third-order valence-corrected chi connectivity index (χ3v) is 4.98. The molecule has 1 aliphatic carbocycles. The fourth-order valence-electron chi connectivity index (χ4n) is 3.92. The predicted molar refractivity (Wildman–Crippen MR) is 79.7 cm³/mol. The van der Waals surface area contributed by atoms with Crippen molar-refractivity contribution in [3.63, 3.8) is 0 Å². The molecule has 2 nitrogen and oxygen atoms in total. The average molecular weight is 276 g/mol. The maximum atomic E-state index is 15.4. The van der Waals surface area contributed by atoms with Gasteiger partial charge in [-0.2, -0.15) is 0 Å². The molecule has 0 spiro atoms. The monoisotopic (exact) mass is 276 g/mol. The first kappa shape index (κ1) is 14.0. The van der Waals surface area contributed by atoms with Crippen LogP contribution in [0.25, 0.3) is 0 Å². The van der Waals surface area contributed by atoms with Gasteiger partial charge in [0.2, 0.25) is 0 Å². The number of nitrogens with one attached hydrogen (secondary N) is 1. The lowest BCUT2D eigenvalue weighted by atomic mass is 9.74. The van der Waals surface area contributed by atoms with Crippen LogP contribution in [0.3, 0.4) is 0 Å². The van der Waals surface area contributed by atoms with Crippen LogP contribution in [0, 0.1) is 0 Å². The van der Waals surface area contributed by atoms with Crippen molar-refractivity contribution >= 4 is 0 Å². The second-order valence-corrected chi connectivity index (χ2v) is 6.62. The molecule has 3 heteroatoms. The Bertz CT molecular complexity index is 452. The molecular formula is C17H25FN2. The van der Waals surface area contributed by atoms with E-state index in [1.807, 2.05) is 12.3 Å². The van der Waals surface area contributed by atoms with Crippen LogP contribution in [-0.2, 0) is 6.42 Å². The molecule has 3 atom stereocenters. The zero-order valence-electron chi connectivity index (χ0n) is 12.4. The van der Waals surface area contributed by atoms with Gasteiger partial charge in [-0.1, -0.05) is 12.5 Å². The van der Waals surface area contributed by atoms with Crippen molar-refractivity contribution in [3.8, 4) is 0 Å². The highest BCUT2D eigenvalue weighted by atomic mass is 19.1. The predicted octanol–water partition coefficient (Wildman–Crippen LogP) is 3.76. The van der Waals surface area contributed by atoms with E-state index < -0.39 is 5.67 Å². The molecule has 1 aliphatic heterocycles. The SMILES string of the molecule is CC(F)(CC1CCCCN1)C1CCCc2cccnc21. The molecular weight excluding hydrogens is 251 g/mol. The molecule has 110 valence electrons. The minimum Gasteiger partial charge on any atom is -0.314 e. The van der Waals surface area contributed by atoms with E-state index in [2.05, 4.69) is 16.4 Å². The van der Waals surface area contributed by atoms with Crippen molar-refractivity contribution in [2.75, 3.05) is 6.54 Å². The number of alkyl halides is 1. The Balaban J connectivity index is 1.77. The molecule has 1 saturated heterocycles. The zero-order chi connectivity index (χ0) is 14.0. The van der Waals surface area contributed by atoms with Gasteiger partial charge in [0.15, 0.2) is 0 Å². The molecule has 1 N–H and O–H groups in total. The van der Waals surface area contributed by atoms with Crippen LogP contribution in [0.2, 0.25) is 0 Å². The lowest BCUT2D eigenvalue weighted by molar-refractivity contribution is 0.100. The molecule has 0 aromatic carbocycles. The van der Waals surface area contributed by atoms with Gasteiger partial charge in [-0.3, -0.25) is 4.98 Å². The number of aryl methyl sites for hydroxylation is 1. The maximum absolute atomic E-state index is 15.4. The topological polar surface area (TPSA) is 24.9 Å². The third kappa shape index (κ3) is 2.88. The van der Waals surface area contributed by atoms with Crippen molar-refractivity contribution in [1.29, 1.82) is 0 Å². The highest BCUT2D eigenvalue weighted by Gasteiger charge is 2.40. The van der Waals surface area contributed by atoms with Crippen LogP contribution < -0.4 is 5.32 Å². The van der Waals surface area contributed by atoms with E-state index in [1.165, 1.54) is 18.4 Å². The highest BCUT2D eigenvalue weighted by Crippen LogP contribution is 2.42. The van der Waals surface area contributed by atoms with Crippen LogP contribution in [0.4, 0.5) is 4.39 Å². The number of rotatable bonds is 3. The molecule has 2 heterocycles. The Kier molecular flexibility index (Phi) is 4.06. The van der Waals surface area contributed by atoms with Gasteiger partial charge in [0.1, 0.15) is 5.67 Å². The van der Waals surface area contributed by atoms with Gasteiger partial charge < -0.3 is 5.32 Å². The number of pyridine rings is 1. The summed E-state index contributed by atoms with van der Waals surface area (Å²) in [4.78, 5) is 4.50. The van der Waals surface area contributed by atoms with Gasteiger partial charge in [0, 0.05) is 23.9 Å². The van der Waals surface area contributed by atoms with E-state index in [9.17, 15) is 0 Å². The van der Waals surface area contributed by atoms with Crippen molar-refractivity contribution < 1.29 is 4.39 Å². The van der Waals surface area contributed by atoms with Crippen LogP contribution in [0.5, 0.6) is 0 Å². The molecule has 20 heavy (non-hydrogen) atoms. The van der Waals surface area contributed by atoms with Crippen LogP contribution in [-0.4, -0.2) is 23.2 Å². The van der Waals surface area contributed by atoms with Crippen molar-refractivity contribution in [3.05, 3.63) is 29.6 Å². The summed E-state index contributed by atoms with van der Waals surface area (Å²) in [7, 11) is 0. The first-order chi connectivity index (χ1) is 9.67. The van der Waals surface area contributed by atoms with Crippen molar-refractivity contribution in [1.82, 2.24) is 10.3 Å². The molecule has 1 aromatic heterocycles. The smallest absolute Gasteiger partial charge is 0.118 e. The molecule has 3 rings (SSSR count). The summed E-state index contributed by atoms with van der Waals surface area (Å²) in [6, 6.07) is 4.43. The highest BCUT2D eigenvalue weighted by molar-refractivity contribution is 5.28. The van der Waals surface area contributed by atoms with E-state index in [1.54, 1.807) is 6.92 Å². The standard InChI is InChI=1S/C17H25FN2/c1-17(18,12-14-8-2-3-10-19-14)15-9-4-6-13-7-5-11-20-16(13)15/h5,7,11,14-15,19H,2-4,6,8-10,12H2,1H3. The van der Waals surface area contributed by atoms with Crippen LogP contribution >= 0.6 is 0 Å². The summed E-state index contributed by atoms with van der Waals surface area (Å²) in [5.74, 6) is -0.0313. The number of nitrogens with zero attached hydrogens (tertiary/aromatic N) is 1. The van der Waals surface area contributed by atoms with E-state index in [4.69, 9.17) is 0 Å². The van der Waals surface area contributed by atoms with Gasteiger partial charge in [-0.15, -0.1) is 0 Å². The molecule has 1 fully saturated rings. The first-order valence-electron chi connectivity index (χ1n) is 8.03. The van der Waals surface area contributed by atoms with E-state index in [0.717, 1.165) is 37.9 Å². The Hall–Kier alpha value is -0.960. The zero-order valence-corrected chi connectivity index (χ0v) is 12.4. The van der Waals surface area contributed by atoms with E-state index in [0.29, 0.717) is 12.5 Å². The quantitative estimate of drug-likeness (QED) is 0.909. The summed E-state index contributed by atoms with van der Waals surface area (Å²) < 4.78 is 15.4. The molecule has 0 bridgehead atoms. The van der Waals surface area contributed by atoms with E-state index in [-0.39, 0.29) is 5.92 Å². The Morgan fingerprint density at radius 2 is 2.25 bits per heavy atom. The minimum atomic E-state index is -1.15. The van der Waals surface area contributed by atoms with Crippen molar-refractivity contribution in [2.24, 2.45) is 0 Å². The summed E-state index contributed by atoms with van der Waals surface area (Å²) in [6.45, 7) is 2.83. The number of hydrogen-bond donors (Lipinski definition) is 1. The summed E-state index contributed by atoms with van der Waals surface area (Å²) in [5, 5.41) is 3.48. The third-order valence-electron chi connectivity index (χ3n) is 4.98. The molecule has 0 radical (unpaired) electrons. The summed E-state index contributed by atoms with van der Waals surface area (Å²) in [6.07, 6.45) is 9.07. The minimum absolute atomic E-state index is 0.0313. The van der Waals surface area contributed by atoms with Gasteiger partial charge >= 0.3 is 0 Å². The van der Waals surface area contributed by atoms with E-state index >= 15 is 4.39 Å². The van der Waals surface area contributed by atoms with Gasteiger partial charge in [-0.05, 0) is 63.6 Å². The Morgan fingerprint density at radius 3 is 3.05 bits per heavy atom. The van der Waals surface area contributed by atoms with Crippen LogP contribution in [0.15, 0.2) is 18.3 Å². The fraction of sp³-hybridized carbons (Fsp3) is 0.706. The van der Waals surface area contributed by atoms with Crippen molar-refractivity contribution in [2.45, 2.75) is 69.5 Å². The molecule has 0 amide bonds. The summed E-state index contributed by atoms with van der Waals surface area (Å²) >= 11 is 0. The second kappa shape index (κ2) is 5.80. The second-order valence-electron chi connectivity index (χ2n) is 6.62. The van der Waals surface area contributed by atoms with Gasteiger partial charge in [0.05, 0.1) is 0 Å². The normalized spacial score (nSPS) is 29.5. The number of halogens is 1. The number of fused-ring (bicyclic) bond motifs is 1. The molecule has 0 saturated carbocycles. The maximum Gasteiger partial charge on any atom is 0.118 e. The number of hydrogen-bond acceptors (Lipinski definition) is 2. The lowest BCUT2D eigenvalue weighted by Gasteiger charge is -2.37. The largest absolute Gasteiger partial charge is 0.314 e. The van der Waals surface area contributed by atoms with Gasteiger partial charge in [0.25, 0.3) is 0 Å². The molecule has 2 aliphatic rings. The first-order valence-corrected chi connectivity index (χ1v) is 8.03. The Labute approximate surface area is 121 Å². The van der Waals surface area contributed by atoms with Crippen LogP contribution in [0.1, 0.15) is 62.6 Å².